The molecule has 2 aliphatic heterocycles. The predicted molar refractivity (Wildman–Crippen MR) is 135 cm³/mol. The van der Waals surface area contributed by atoms with E-state index in [4.69, 9.17) is 14.2 Å². The van der Waals surface area contributed by atoms with Crippen molar-refractivity contribution in [2.24, 2.45) is 11.8 Å². The van der Waals surface area contributed by atoms with Crippen LogP contribution < -0.4 is 19.5 Å². The monoisotopic (exact) mass is 518 g/mol. The average Bonchev–Trinajstić information content (AvgIpc) is 3.52. The number of hydrogen-bond donors (Lipinski definition) is 2. The van der Waals surface area contributed by atoms with Crippen molar-refractivity contribution in [2.45, 2.75) is 38.8 Å². The fraction of sp³-hybridized carbons (Fsp3) is 0.500. The Bertz CT molecular complexity index is 1170. The quantitative estimate of drug-likeness (QED) is 0.464. The third-order valence-corrected chi connectivity index (χ3v) is 8.93. The largest absolute Gasteiger partial charge is 0.497 e. The lowest BCUT2D eigenvalue weighted by Gasteiger charge is -2.33. The molecule has 196 valence electrons. The maximum atomic E-state index is 13.2. The summed E-state index contributed by atoms with van der Waals surface area (Å²) in [5, 5.41) is 13.6. The second-order valence-corrected chi connectivity index (χ2v) is 11.4. The third kappa shape index (κ3) is 5.30. The molecule has 10 heteroatoms. The molecular formula is C26H34N2O7S. The van der Waals surface area contributed by atoms with Crippen molar-refractivity contribution < 1.29 is 32.5 Å². The lowest BCUT2D eigenvalue weighted by Crippen LogP contribution is -2.38. The van der Waals surface area contributed by atoms with E-state index in [0.717, 1.165) is 11.1 Å². The lowest BCUT2D eigenvalue weighted by molar-refractivity contribution is -0.143. The van der Waals surface area contributed by atoms with Crippen molar-refractivity contribution in [3.05, 3.63) is 53.6 Å². The summed E-state index contributed by atoms with van der Waals surface area (Å²) in [7, 11) is -1.97. The van der Waals surface area contributed by atoms with Crippen molar-refractivity contribution in [3.63, 3.8) is 0 Å². The number of nitrogens with one attached hydrogen (secondary N) is 1. The van der Waals surface area contributed by atoms with Gasteiger partial charge in [-0.05, 0) is 67.6 Å². The molecule has 4 unspecified atom stereocenters. The van der Waals surface area contributed by atoms with Crippen LogP contribution in [0.4, 0.5) is 0 Å². The van der Waals surface area contributed by atoms with Crippen LogP contribution in [0.15, 0.2) is 42.5 Å². The minimum Gasteiger partial charge on any atom is -0.497 e. The predicted octanol–water partition coefficient (Wildman–Crippen LogP) is 3.58. The summed E-state index contributed by atoms with van der Waals surface area (Å²) in [4.78, 5) is 12.5. The molecule has 2 heterocycles. The van der Waals surface area contributed by atoms with E-state index in [-0.39, 0.29) is 18.5 Å². The molecule has 2 aliphatic rings. The number of aliphatic carboxylic acids is 1. The molecular weight excluding hydrogens is 484 g/mol. The number of hydrogen-bond acceptors (Lipinski definition) is 7. The van der Waals surface area contributed by atoms with Gasteiger partial charge < -0.3 is 24.6 Å². The summed E-state index contributed by atoms with van der Waals surface area (Å²) in [6.07, 6.45) is 0.996. The number of rotatable bonds is 11. The number of carboxylic acid groups (broad SMARTS) is 1. The van der Waals surface area contributed by atoms with Gasteiger partial charge in [-0.3, -0.25) is 4.79 Å². The highest BCUT2D eigenvalue weighted by Gasteiger charge is 2.44. The maximum absolute atomic E-state index is 13.2. The van der Waals surface area contributed by atoms with Crippen molar-refractivity contribution >= 4 is 16.0 Å². The summed E-state index contributed by atoms with van der Waals surface area (Å²) < 4.78 is 44.2. The van der Waals surface area contributed by atoms with Crippen LogP contribution in [0.3, 0.4) is 0 Å². The Labute approximate surface area is 212 Å². The van der Waals surface area contributed by atoms with Gasteiger partial charge >= 0.3 is 5.97 Å². The fourth-order valence-electron chi connectivity index (χ4n) is 5.22. The topological polar surface area (TPSA) is 114 Å². The van der Waals surface area contributed by atoms with Crippen LogP contribution in [0.2, 0.25) is 0 Å². The summed E-state index contributed by atoms with van der Waals surface area (Å²) in [6, 6.07) is 11.9. The molecule has 0 saturated carbocycles. The molecule has 2 N–H and O–H groups in total. The Balaban J connectivity index is 1.69. The average molecular weight is 519 g/mol. The van der Waals surface area contributed by atoms with Gasteiger partial charge in [-0.25, -0.2) is 8.42 Å². The number of fused-ring (bicyclic) bond motifs is 1. The molecule has 0 spiro atoms. The van der Waals surface area contributed by atoms with E-state index < -0.39 is 34.0 Å². The zero-order valence-electron chi connectivity index (χ0n) is 20.8. The second-order valence-electron chi connectivity index (χ2n) is 9.16. The molecule has 4 rings (SSSR count). The van der Waals surface area contributed by atoms with Gasteiger partial charge in [0.25, 0.3) is 0 Å². The van der Waals surface area contributed by atoms with Gasteiger partial charge in [0.15, 0.2) is 11.5 Å². The zero-order chi connectivity index (χ0) is 25.9. The smallest absolute Gasteiger partial charge is 0.308 e. The van der Waals surface area contributed by atoms with Gasteiger partial charge in [0.1, 0.15) is 5.75 Å². The molecule has 2 aromatic rings. The fourth-order valence-corrected chi connectivity index (χ4v) is 6.61. The van der Waals surface area contributed by atoms with Crippen molar-refractivity contribution in [1.82, 2.24) is 9.62 Å². The minimum absolute atomic E-state index is 0.0339. The van der Waals surface area contributed by atoms with E-state index in [1.54, 1.807) is 20.1 Å². The number of ether oxygens (including phenoxy) is 3. The highest BCUT2D eigenvalue weighted by molar-refractivity contribution is 7.89. The van der Waals surface area contributed by atoms with Gasteiger partial charge in [-0.2, -0.15) is 4.31 Å². The van der Waals surface area contributed by atoms with Gasteiger partial charge in [0, 0.05) is 12.6 Å². The molecule has 0 radical (unpaired) electrons. The molecule has 36 heavy (non-hydrogen) atoms. The maximum Gasteiger partial charge on any atom is 0.308 e. The SMILES string of the molecule is CCCN(C(CC1CNC(c2ccc(OC)cc2)C1C(=O)O)c1ccc2c(c1)OCO2)S(=O)(=O)CC. The molecule has 4 atom stereocenters. The Morgan fingerprint density at radius 2 is 1.89 bits per heavy atom. The molecule has 1 fully saturated rings. The van der Waals surface area contributed by atoms with E-state index in [0.29, 0.717) is 43.2 Å². The van der Waals surface area contributed by atoms with E-state index in [9.17, 15) is 18.3 Å². The first kappa shape index (κ1) is 26.2. The van der Waals surface area contributed by atoms with E-state index in [1.165, 1.54) is 4.31 Å². The van der Waals surface area contributed by atoms with Crippen molar-refractivity contribution in [3.8, 4) is 17.2 Å². The van der Waals surface area contributed by atoms with E-state index in [1.807, 2.05) is 43.3 Å². The Hall–Kier alpha value is -2.82. The first-order valence-corrected chi connectivity index (χ1v) is 13.9. The number of nitrogens with zero attached hydrogens (tertiary/aromatic N) is 1. The van der Waals surface area contributed by atoms with Crippen molar-refractivity contribution in [1.29, 1.82) is 0 Å². The van der Waals surface area contributed by atoms with E-state index >= 15 is 0 Å². The van der Waals surface area contributed by atoms with Crippen molar-refractivity contribution in [2.75, 3.05) is 32.7 Å². The van der Waals surface area contributed by atoms with Crippen LogP contribution in [0.1, 0.15) is 49.9 Å². The molecule has 9 nitrogen and oxygen atoms in total. The highest BCUT2D eigenvalue weighted by atomic mass is 32.2. The lowest BCUT2D eigenvalue weighted by atomic mass is 9.82. The Kier molecular flexibility index (Phi) is 8.07. The number of carbonyl (C=O) groups is 1. The molecule has 1 saturated heterocycles. The third-order valence-electron chi connectivity index (χ3n) is 7.05. The van der Waals surface area contributed by atoms with Gasteiger partial charge in [0.05, 0.1) is 24.8 Å². The van der Waals surface area contributed by atoms with E-state index in [2.05, 4.69) is 5.32 Å². The summed E-state index contributed by atoms with van der Waals surface area (Å²) in [5.41, 5.74) is 1.62. The molecule has 2 aromatic carbocycles. The second kappa shape index (κ2) is 11.1. The van der Waals surface area contributed by atoms with Gasteiger partial charge in [-0.15, -0.1) is 0 Å². The van der Waals surface area contributed by atoms with Crippen LogP contribution in [0, 0.1) is 11.8 Å². The molecule has 0 aromatic heterocycles. The number of benzene rings is 2. The van der Waals surface area contributed by atoms with Crippen LogP contribution in [-0.4, -0.2) is 56.5 Å². The number of carboxylic acids is 1. The summed E-state index contributed by atoms with van der Waals surface area (Å²) in [6.45, 7) is 4.49. The Morgan fingerprint density at radius 1 is 1.17 bits per heavy atom. The standard InChI is InChI=1S/C26H34N2O7S/c1-4-12-28(36(31,32)5-2)21(18-8-11-22-23(14-18)35-16-34-22)13-19-15-27-25(24(19)26(29)30)17-6-9-20(33-3)10-7-17/h6-11,14,19,21,24-25,27H,4-5,12-13,15-16H2,1-3H3,(H,29,30). The molecule has 0 amide bonds. The highest BCUT2D eigenvalue weighted by Crippen LogP contribution is 2.43. The minimum atomic E-state index is -3.56. The molecule has 0 aliphatic carbocycles. The number of sulfonamides is 1. The first-order chi connectivity index (χ1) is 17.3. The number of methoxy groups -OCH3 is 1. The summed E-state index contributed by atoms with van der Waals surface area (Å²) >= 11 is 0. The normalized spacial score (nSPS) is 22.1. The van der Waals surface area contributed by atoms with Crippen LogP contribution in [0.5, 0.6) is 17.2 Å². The van der Waals surface area contributed by atoms with Gasteiger partial charge in [-0.1, -0.05) is 25.1 Å². The zero-order valence-corrected chi connectivity index (χ0v) is 21.7. The van der Waals surface area contributed by atoms with Crippen LogP contribution >= 0.6 is 0 Å². The summed E-state index contributed by atoms with van der Waals surface area (Å²) in [5.74, 6) is -0.0760. The first-order valence-electron chi connectivity index (χ1n) is 12.3. The van der Waals surface area contributed by atoms with Crippen LogP contribution in [-0.2, 0) is 14.8 Å². The molecule has 0 bridgehead atoms. The van der Waals surface area contributed by atoms with Gasteiger partial charge in [0.2, 0.25) is 16.8 Å². The Morgan fingerprint density at radius 3 is 2.53 bits per heavy atom. The van der Waals surface area contributed by atoms with Crippen LogP contribution in [0.25, 0.3) is 0 Å².